The Balaban J connectivity index is 1.44. The highest BCUT2D eigenvalue weighted by Crippen LogP contribution is 2.67. The summed E-state index contributed by atoms with van der Waals surface area (Å²) in [6, 6.07) is 18.4. The number of carboxylic acids is 2. The van der Waals surface area contributed by atoms with Gasteiger partial charge in [0.1, 0.15) is 34.6 Å². The average Bonchev–Trinajstić information content (AvgIpc) is 3.81. The second-order valence-corrected chi connectivity index (χ2v) is 16.3. The van der Waals surface area contributed by atoms with Crippen molar-refractivity contribution in [3.63, 3.8) is 0 Å². The molecule has 4 aliphatic heterocycles. The Hall–Kier alpha value is -6.04. The van der Waals surface area contributed by atoms with Crippen molar-refractivity contribution >= 4 is 86.3 Å². The molecule has 2 amide bonds. The molecule has 0 spiro atoms. The molecule has 5 aliphatic rings. The molecule has 9 rings (SSSR count). The van der Waals surface area contributed by atoms with Crippen molar-refractivity contribution in [3.8, 4) is 11.5 Å². The van der Waals surface area contributed by atoms with Crippen molar-refractivity contribution in [1.82, 2.24) is 19.8 Å². The van der Waals surface area contributed by atoms with E-state index in [2.05, 4.69) is 9.97 Å². The van der Waals surface area contributed by atoms with Crippen LogP contribution in [0.5, 0.6) is 0 Å². The summed E-state index contributed by atoms with van der Waals surface area (Å²) in [6.45, 7) is 1.64. The van der Waals surface area contributed by atoms with Gasteiger partial charge in [-0.1, -0.05) is 36.4 Å². The predicted octanol–water partition coefficient (Wildman–Crippen LogP) is 4.33. The number of H-pyrrole nitrogens is 1. The third-order valence-electron chi connectivity index (χ3n) is 11.8. The van der Waals surface area contributed by atoms with Crippen molar-refractivity contribution in [3.05, 3.63) is 105 Å². The van der Waals surface area contributed by atoms with E-state index < -0.39 is 73.4 Å². The van der Waals surface area contributed by atoms with Gasteiger partial charge >= 0.3 is 11.9 Å². The standard InChI is InChI=1S/C39H32N6O9S2/c1-37(55-3)35(52)45-34-38(19-16-41-20-11-7-5-9-17(19)20,33(51)39(45,56-4)36(53)43(37)2)18-10-6-8-12-21(18)44(34)22-13-14-24-29(26(22)31(47)48)42-30-25(54-24)15-23(46)28(40)27(30)32(49)50/h5-16,33-34,41,51H,40H2,1-4H3,(H,47,48)(H,49,50). The predicted molar refractivity (Wildman–Crippen MR) is 210 cm³/mol. The lowest BCUT2D eigenvalue weighted by Gasteiger charge is -2.54. The quantitative estimate of drug-likeness (QED) is 0.117. The summed E-state index contributed by atoms with van der Waals surface area (Å²) < 4.78 is 5.96. The normalized spacial score (nSPS) is 25.6. The Morgan fingerprint density at radius 1 is 0.911 bits per heavy atom. The number of thioether (sulfide) groups is 2. The minimum atomic E-state index is -1.90. The zero-order valence-electron chi connectivity index (χ0n) is 30.1. The van der Waals surface area contributed by atoms with E-state index in [0.717, 1.165) is 35.1 Å². The van der Waals surface area contributed by atoms with E-state index in [1.165, 1.54) is 29.0 Å². The van der Waals surface area contributed by atoms with Crippen molar-refractivity contribution in [2.75, 3.05) is 30.2 Å². The summed E-state index contributed by atoms with van der Waals surface area (Å²) >= 11 is 2.19. The molecule has 1 aliphatic carbocycles. The van der Waals surface area contributed by atoms with E-state index in [-0.39, 0.29) is 28.2 Å². The third-order valence-corrected chi connectivity index (χ3v) is 14.3. The van der Waals surface area contributed by atoms with Gasteiger partial charge < -0.3 is 40.3 Å². The molecule has 2 saturated heterocycles. The number of likely N-dealkylation sites (N-methyl/N-ethyl adjacent to an activating group) is 1. The zero-order chi connectivity index (χ0) is 39.8. The lowest BCUT2D eigenvalue weighted by Crippen LogP contribution is -2.75. The fraction of sp³-hybridized carbons (Fsp3) is 0.231. The number of aliphatic hydroxyl groups is 1. The van der Waals surface area contributed by atoms with Crippen LogP contribution in [0.2, 0.25) is 0 Å². The zero-order valence-corrected chi connectivity index (χ0v) is 31.7. The molecule has 0 radical (unpaired) electrons. The summed E-state index contributed by atoms with van der Waals surface area (Å²) in [5, 5.41) is 35.1. The second-order valence-electron chi connectivity index (χ2n) is 14.0. The number of nitrogens with one attached hydrogen (secondary N) is 1. The number of aromatic nitrogens is 2. The molecule has 284 valence electrons. The van der Waals surface area contributed by atoms with Gasteiger partial charge in [-0.25, -0.2) is 14.6 Å². The van der Waals surface area contributed by atoms with Gasteiger partial charge in [0.25, 0.3) is 11.8 Å². The lowest BCUT2D eigenvalue weighted by molar-refractivity contribution is -0.166. The summed E-state index contributed by atoms with van der Waals surface area (Å²) in [5.41, 5.74) is 3.41. The van der Waals surface area contributed by atoms with Crippen LogP contribution in [0.4, 0.5) is 17.1 Å². The number of benzene rings is 4. The number of para-hydroxylation sites is 2. The topological polar surface area (TPSA) is 224 Å². The van der Waals surface area contributed by atoms with Gasteiger partial charge in [-0.2, -0.15) is 0 Å². The molecular weight excluding hydrogens is 761 g/mol. The van der Waals surface area contributed by atoms with E-state index >= 15 is 4.79 Å². The summed E-state index contributed by atoms with van der Waals surface area (Å²) in [6.07, 6.45) is 2.27. The van der Waals surface area contributed by atoms with Crippen LogP contribution < -0.4 is 16.1 Å². The maximum Gasteiger partial charge on any atom is 0.340 e. The first-order chi connectivity index (χ1) is 26.7. The molecule has 17 heteroatoms. The molecule has 3 aromatic carbocycles. The van der Waals surface area contributed by atoms with Crippen molar-refractivity contribution in [2.45, 2.75) is 34.4 Å². The number of amides is 2. The number of aromatic carboxylic acids is 2. The van der Waals surface area contributed by atoms with Crippen LogP contribution in [0.15, 0.2) is 82.1 Å². The molecular formula is C39H32N6O9S2. The number of rotatable bonds is 6. The largest absolute Gasteiger partial charge is 0.478 e. The highest BCUT2D eigenvalue weighted by Gasteiger charge is 2.80. The minimum Gasteiger partial charge on any atom is -0.478 e. The van der Waals surface area contributed by atoms with Gasteiger partial charge in [0.05, 0.1) is 16.8 Å². The first kappa shape index (κ1) is 35.6. The number of anilines is 3. The molecule has 5 heterocycles. The molecule has 5 atom stereocenters. The van der Waals surface area contributed by atoms with Gasteiger partial charge in [0.2, 0.25) is 5.43 Å². The Labute approximate surface area is 325 Å². The maximum absolute atomic E-state index is 15.3. The van der Waals surface area contributed by atoms with Crippen molar-refractivity contribution in [2.24, 2.45) is 0 Å². The molecule has 5 unspecified atom stereocenters. The number of nitrogens with two attached hydrogens (primary N) is 1. The smallest absolute Gasteiger partial charge is 0.340 e. The fourth-order valence-electron chi connectivity index (χ4n) is 9.09. The van der Waals surface area contributed by atoms with E-state index in [4.69, 9.17) is 10.2 Å². The first-order valence-electron chi connectivity index (χ1n) is 17.2. The number of fused-ring (bicyclic) bond motifs is 8. The summed E-state index contributed by atoms with van der Waals surface area (Å²) in [7, 11) is 1.54. The van der Waals surface area contributed by atoms with E-state index in [9.17, 15) is 34.5 Å². The average molecular weight is 793 g/mol. The number of carboxylic acid groups (broad SMARTS) is 2. The Morgan fingerprint density at radius 3 is 2.30 bits per heavy atom. The van der Waals surface area contributed by atoms with Crippen LogP contribution in [0.3, 0.4) is 0 Å². The van der Waals surface area contributed by atoms with Crippen molar-refractivity contribution < 1.29 is 38.9 Å². The second kappa shape index (κ2) is 11.7. The number of aliphatic hydroxyl groups excluding tert-OH is 1. The number of carbonyl (C=O) groups excluding carboxylic acids is 2. The number of piperazine rings is 1. The highest BCUT2D eigenvalue weighted by atomic mass is 32.2. The number of nitrogens with zero attached hydrogens (tertiary/aromatic N) is 4. The van der Waals surface area contributed by atoms with Crippen LogP contribution >= 0.6 is 23.5 Å². The molecule has 2 fully saturated rings. The Bertz CT molecular complexity index is 2790. The number of nitrogen functional groups attached to an aromatic ring is 1. The van der Waals surface area contributed by atoms with Gasteiger partial charge in [-0.05, 0) is 54.8 Å². The van der Waals surface area contributed by atoms with Crippen LogP contribution in [-0.2, 0) is 15.0 Å². The maximum atomic E-state index is 15.3. The van der Waals surface area contributed by atoms with Gasteiger partial charge in [0, 0.05) is 35.9 Å². The number of carbonyl (C=O) groups is 4. The fourth-order valence-corrected chi connectivity index (χ4v) is 10.8. The van der Waals surface area contributed by atoms with E-state index in [1.807, 2.05) is 24.3 Å². The van der Waals surface area contributed by atoms with E-state index in [1.54, 1.807) is 54.8 Å². The third kappa shape index (κ3) is 4.03. The van der Waals surface area contributed by atoms with Crippen molar-refractivity contribution in [1.29, 1.82) is 0 Å². The SMILES string of the molecule is CSC1(C)C(=O)N2C3N(c4ccc5oc6cc(=O)c(N)c(C(=O)O)c-6nc5c4C(=O)O)c4ccccc4C3(c3c[nH]c4ccccc34)C(O)C2(SC)C(=O)N1C. The number of aromatic amines is 1. The molecule has 0 saturated carbocycles. The molecule has 0 bridgehead atoms. The van der Waals surface area contributed by atoms with Gasteiger partial charge in [0.15, 0.2) is 21.1 Å². The van der Waals surface area contributed by atoms with Gasteiger partial charge in [-0.15, -0.1) is 23.5 Å². The monoisotopic (exact) mass is 792 g/mol. The number of hydrogen-bond acceptors (Lipinski definition) is 12. The molecule has 56 heavy (non-hydrogen) atoms. The highest BCUT2D eigenvalue weighted by molar-refractivity contribution is 8.01. The number of hydrogen-bond donors (Lipinski definition) is 5. The van der Waals surface area contributed by atoms with E-state index in [0.29, 0.717) is 22.2 Å². The van der Waals surface area contributed by atoms with Crippen LogP contribution in [0, 0.1) is 0 Å². The molecule has 4 aromatic rings. The minimum absolute atomic E-state index is 0.00522. The Kier molecular flexibility index (Phi) is 7.47. The lowest BCUT2D eigenvalue weighted by atomic mass is 9.70. The Morgan fingerprint density at radius 2 is 1.61 bits per heavy atom. The van der Waals surface area contributed by atoms with Crippen LogP contribution in [0.25, 0.3) is 33.5 Å². The summed E-state index contributed by atoms with van der Waals surface area (Å²) in [5.74, 6) is -4.27. The first-order valence-corrected chi connectivity index (χ1v) is 19.7. The van der Waals surface area contributed by atoms with Gasteiger partial charge in [-0.3, -0.25) is 19.3 Å². The summed E-state index contributed by atoms with van der Waals surface area (Å²) in [4.78, 5) is 77.8. The molecule has 15 nitrogen and oxygen atoms in total. The van der Waals surface area contributed by atoms with Crippen LogP contribution in [0.1, 0.15) is 38.8 Å². The van der Waals surface area contributed by atoms with Crippen LogP contribution in [-0.4, -0.2) is 100 Å². The molecule has 6 N–H and O–H groups in total. The molecule has 1 aromatic heterocycles.